The van der Waals surface area contributed by atoms with Gasteiger partial charge in [-0.15, -0.1) is 0 Å². The standard InChI is InChI=1S/4C5H11O2.Zr/c4*1-3-5(6)4-7-2;/h4*5H,3-4H2,1-2H3;/q4*-1;+4. The zero-order chi connectivity index (χ0) is 22.1. The first-order valence-corrected chi connectivity index (χ1v) is 14.7. The van der Waals surface area contributed by atoms with Crippen LogP contribution in [-0.2, 0) is 52.2 Å². The summed E-state index contributed by atoms with van der Waals surface area (Å²) in [5, 5.41) is 0. The van der Waals surface area contributed by atoms with Crippen LogP contribution in [0.25, 0.3) is 0 Å². The maximum absolute atomic E-state index is 6.52. The van der Waals surface area contributed by atoms with Crippen LogP contribution in [0.2, 0.25) is 0 Å². The van der Waals surface area contributed by atoms with E-state index in [4.69, 9.17) is 30.2 Å². The Labute approximate surface area is 184 Å². The van der Waals surface area contributed by atoms with Gasteiger partial charge in [0.1, 0.15) is 0 Å². The molecular formula is C20H44O8Zr. The van der Waals surface area contributed by atoms with Crippen molar-refractivity contribution < 1.29 is 52.2 Å². The van der Waals surface area contributed by atoms with Crippen LogP contribution in [0.5, 0.6) is 0 Å². The molecule has 0 bridgehead atoms. The summed E-state index contributed by atoms with van der Waals surface area (Å²) in [6, 6.07) is 0. The Kier molecular flexibility index (Phi) is 18.5. The first-order chi connectivity index (χ1) is 14.0. The van der Waals surface area contributed by atoms with Crippen LogP contribution < -0.4 is 0 Å². The molecule has 0 aliphatic heterocycles. The Balaban J connectivity index is 5.94. The monoisotopic (exact) mass is 502 g/mol. The molecular weight excluding hydrogens is 459 g/mol. The van der Waals surface area contributed by atoms with E-state index in [2.05, 4.69) is 0 Å². The fourth-order valence-electron chi connectivity index (χ4n) is 2.67. The molecule has 0 spiro atoms. The molecule has 0 radical (unpaired) electrons. The van der Waals surface area contributed by atoms with Gasteiger partial charge in [-0.3, -0.25) is 0 Å². The van der Waals surface area contributed by atoms with Gasteiger partial charge < -0.3 is 0 Å². The van der Waals surface area contributed by atoms with E-state index in [1.807, 2.05) is 27.7 Å². The zero-order valence-corrected chi connectivity index (χ0v) is 22.2. The van der Waals surface area contributed by atoms with Crippen molar-refractivity contribution in [2.75, 3.05) is 54.9 Å². The van der Waals surface area contributed by atoms with E-state index in [9.17, 15) is 0 Å². The number of methoxy groups -OCH3 is 4. The first kappa shape index (κ1) is 29.6. The molecule has 9 heteroatoms. The fourth-order valence-corrected chi connectivity index (χ4v) is 9.81. The van der Waals surface area contributed by atoms with Crippen LogP contribution in [0, 0.1) is 0 Å². The summed E-state index contributed by atoms with van der Waals surface area (Å²) >= 11 is -4.56. The van der Waals surface area contributed by atoms with Crippen molar-refractivity contribution >= 4 is 0 Å². The molecule has 4 atom stereocenters. The maximum atomic E-state index is 6.52. The molecule has 0 amide bonds. The zero-order valence-electron chi connectivity index (χ0n) is 19.7. The normalized spacial score (nSPS) is 18.2. The molecule has 0 aliphatic rings. The second kappa shape index (κ2) is 18.2. The summed E-state index contributed by atoms with van der Waals surface area (Å²) < 4.78 is 47.4. The molecule has 0 fully saturated rings. The third kappa shape index (κ3) is 12.2. The van der Waals surface area contributed by atoms with E-state index in [-0.39, 0.29) is 24.4 Å². The number of hydrogen-bond donors (Lipinski definition) is 0. The van der Waals surface area contributed by atoms with Crippen molar-refractivity contribution in [1.29, 1.82) is 0 Å². The van der Waals surface area contributed by atoms with Crippen LogP contribution in [0.4, 0.5) is 0 Å². The topological polar surface area (TPSA) is 73.8 Å². The molecule has 0 aromatic rings. The van der Waals surface area contributed by atoms with Gasteiger partial charge in [-0.05, 0) is 0 Å². The molecule has 0 N–H and O–H groups in total. The van der Waals surface area contributed by atoms with Crippen LogP contribution in [-0.4, -0.2) is 79.3 Å². The molecule has 0 aliphatic carbocycles. The van der Waals surface area contributed by atoms with Crippen molar-refractivity contribution in [3.63, 3.8) is 0 Å². The van der Waals surface area contributed by atoms with Crippen molar-refractivity contribution in [1.82, 2.24) is 0 Å². The minimum absolute atomic E-state index is 0.184. The quantitative estimate of drug-likeness (QED) is 0.250. The molecule has 0 aromatic carbocycles. The summed E-state index contributed by atoms with van der Waals surface area (Å²) in [5.74, 6) is 0. The molecule has 0 rings (SSSR count). The molecule has 176 valence electrons. The van der Waals surface area contributed by atoms with Gasteiger partial charge in [0.25, 0.3) is 0 Å². The van der Waals surface area contributed by atoms with E-state index in [1.54, 1.807) is 28.4 Å². The average molecular weight is 504 g/mol. The molecule has 0 aromatic heterocycles. The van der Waals surface area contributed by atoms with Crippen LogP contribution in [0.1, 0.15) is 53.4 Å². The van der Waals surface area contributed by atoms with Crippen LogP contribution >= 0.6 is 0 Å². The van der Waals surface area contributed by atoms with Crippen molar-refractivity contribution in [3.8, 4) is 0 Å². The Hall–Kier alpha value is 0.563. The Morgan fingerprint density at radius 2 is 0.655 bits per heavy atom. The van der Waals surface area contributed by atoms with Gasteiger partial charge in [-0.1, -0.05) is 0 Å². The summed E-state index contributed by atoms with van der Waals surface area (Å²) in [4.78, 5) is 0. The predicted octanol–water partition coefficient (Wildman–Crippen LogP) is 3.57. The molecule has 29 heavy (non-hydrogen) atoms. The first-order valence-electron chi connectivity index (χ1n) is 10.6. The number of ether oxygens (including phenoxy) is 4. The second-order valence-corrected chi connectivity index (χ2v) is 11.7. The van der Waals surface area contributed by atoms with Crippen molar-refractivity contribution in [2.24, 2.45) is 0 Å². The Morgan fingerprint density at radius 3 is 0.793 bits per heavy atom. The van der Waals surface area contributed by atoms with Crippen LogP contribution in [0.3, 0.4) is 0 Å². The molecule has 8 nitrogen and oxygen atoms in total. The average Bonchev–Trinajstić information content (AvgIpc) is 2.72. The molecule has 0 saturated heterocycles. The van der Waals surface area contributed by atoms with Gasteiger partial charge in [-0.25, -0.2) is 0 Å². The van der Waals surface area contributed by atoms with E-state index in [0.717, 1.165) is 25.7 Å². The van der Waals surface area contributed by atoms with Gasteiger partial charge in [0.2, 0.25) is 0 Å². The third-order valence-electron chi connectivity index (χ3n) is 4.48. The predicted molar refractivity (Wildman–Crippen MR) is 108 cm³/mol. The van der Waals surface area contributed by atoms with Gasteiger partial charge in [0.15, 0.2) is 0 Å². The van der Waals surface area contributed by atoms with E-state index < -0.39 is 22.0 Å². The Morgan fingerprint density at radius 1 is 0.448 bits per heavy atom. The summed E-state index contributed by atoms with van der Waals surface area (Å²) in [7, 11) is 6.63. The molecule has 0 heterocycles. The minimum atomic E-state index is -4.56. The van der Waals surface area contributed by atoms with Crippen molar-refractivity contribution in [3.05, 3.63) is 0 Å². The van der Waals surface area contributed by atoms with Crippen LogP contribution in [0.15, 0.2) is 0 Å². The van der Waals surface area contributed by atoms with E-state index >= 15 is 0 Å². The van der Waals surface area contributed by atoms with Gasteiger partial charge in [0, 0.05) is 0 Å². The molecule has 0 saturated carbocycles. The van der Waals surface area contributed by atoms with E-state index in [1.165, 1.54) is 0 Å². The second-order valence-electron chi connectivity index (χ2n) is 6.91. The third-order valence-corrected chi connectivity index (χ3v) is 10.6. The summed E-state index contributed by atoms with van der Waals surface area (Å²) in [6.07, 6.45) is 2.29. The van der Waals surface area contributed by atoms with E-state index in [0.29, 0.717) is 26.4 Å². The Bertz CT molecular complexity index is 305. The van der Waals surface area contributed by atoms with Gasteiger partial charge in [0.05, 0.1) is 0 Å². The number of rotatable bonds is 20. The molecule has 4 unspecified atom stereocenters. The van der Waals surface area contributed by atoms with Crippen molar-refractivity contribution in [2.45, 2.75) is 77.8 Å². The van der Waals surface area contributed by atoms with Gasteiger partial charge in [-0.2, -0.15) is 0 Å². The number of hydrogen-bond acceptors (Lipinski definition) is 8. The summed E-state index contributed by atoms with van der Waals surface area (Å²) in [5.41, 5.74) is 0. The summed E-state index contributed by atoms with van der Waals surface area (Å²) in [6.45, 7) is 9.95. The van der Waals surface area contributed by atoms with Gasteiger partial charge >= 0.3 is 185 Å². The fraction of sp³-hybridized carbons (Fsp3) is 1.00. The SMILES string of the molecule is CCC(COC)[O][Zr]([O]C(CC)COC)([O]C(CC)COC)[O]C(CC)COC.